The highest BCUT2D eigenvalue weighted by atomic mass is 19.4. The van der Waals surface area contributed by atoms with E-state index in [1.807, 2.05) is 0 Å². The first-order valence-electron chi connectivity index (χ1n) is 4.58. The van der Waals surface area contributed by atoms with Crippen LogP contribution in [0.2, 0.25) is 0 Å². The minimum atomic E-state index is -4.95. The lowest BCUT2D eigenvalue weighted by molar-refractivity contribution is -0.114. The van der Waals surface area contributed by atoms with Crippen LogP contribution in [0, 0.1) is 0 Å². The molecule has 7 heteroatoms. The number of benzene rings is 1. The predicted molar refractivity (Wildman–Crippen MR) is 55.3 cm³/mol. The van der Waals surface area contributed by atoms with Crippen LogP contribution in [0.4, 0.5) is 18.6 Å². The number of anilines is 1. The molecule has 1 N–H and O–H groups in total. The van der Waals surface area contributed by atoms with Crippen molar-refractivity contribution in [1.82, 2.24) is 0 Å². The second-order valence-electron chi connectivity index (χ2n) is 3.23. The van der Waals surface area contributed by atoms with Gasteiger partial charge < -0.3 is 23.0 Å². The first-order chi connectivity index (χ1) is 7.37. The van der Waals surface area contributed by atoms with Gasteiger partial charge in [-0.15, -0.1) is 0 Å². The van der Waals surface area contributed by atoms with E-state index in [0.29, 0.717) is 5.69 Å². The highest BCUT2D eigenvalue weighted by Crippen LogP contribution is 2.17. The van der Waals surface area contributed by atoms with Gasteiger partial charge in [-0.05, 0) is 24.3 Å². The monoisotopic (exact) mass is 232 g/mol. The zero-order valence-corrected chi connectivity index (χ0v) is 8.54. The Morgan fingerprint density at radius 3 is 2.31 bits per heavy atom. The highest BCUT2D eigenvalue weighted by Gasteiger charge is 2.24. The number of nitrogens with one attached hydrogen (secondary N) is 1. The van der Waals surface area contributed by atoms with Crippen LogP contribution >= 0.6 is 0 Å². The predicted octanol–water partition coefficient (Wildman–Crippen LogP) is 2.41. The van der Waals surface area contributed by atoms with Crippen LogP contribution < -0.4 is 10.1 Å². The van der Waals surface area contributed by atoms with E-state index in [9.17, 15) is 17.7 Å². The van der Waals surface area contributed by atoms with Gasteiger partial charge in [-0.2, -0.15) is 0 Å². The molecule has 1 aromatic carbocycles. The zero-order valence-electron chi connectivity index (χ0n) is 8.54. The molecule has 0 aliphatic carbocycles. The summed E-state index contributed by atoms with van der Waals surface area (Å²) in [4.78, 5) is 10.7. The molecule has 0 spiro atoms. The first kappa shape index (κ1) is 12.4. The maximum absolute atomic E-state index is 11.9. The zero-order chi connectivity index (χ0) is 12.2. The van der Waals surface area contributed by atoms with Gasteiger partial charge >= 0.3 is 6.98 Å². The smallest absolute Gasteiger partial charge is 0.515 e. The van der Waals surface area contributed by atoms with E-state index in [0.717, 1.165) is 0 Å². The largest absolute Gasteiger partial charge is 0.522 e. The topological polar surface area (TPSA) is 38.3 Å². The van der Waals surface area contributed by atoms with Gasteiger partial charge in [0.05, 0.1) is 6.51 Å². The lowest BCUT2D eigenvalue weighted by atomic mass is 9.95. The number of rotatable bonds is 4. The van der Waals surface area contributed by atoms with Crippen molar-refractivity contribution in [2.24, 2.45) is 0 Å². The molecule has 1 aromatic rings. The molecule has 1 amide bonds. The van der Waals surface area contributed by atoms with Crippen molar-refractivity contribution in [1.29, 1.82) is 0 Å². The van der Waals surface area contributed by atoms with E-state index in [2.05, 4.69) is 10.1 Å². The van der Waals surface area contributed by atoms with Crippen molar-refractivity contribution in [3.63, 3.8) is 0 Å². The van der Waals surface area contributed by atoms with Crippen LogP contribution in [0.1, 0.15) is 6.92 Å². The average molecular weight is 232 g/mol. The number of amides is 1. The summed E-state index contributed by atoms with van der Waals surface area (Å²) < 4.78 is 40.1. The molecule has 1 rings (SSSR count). The minimum Gasteiger partial charge on any atom is -0.522 e. The number of halogens is 3. The molecule has 0 saturated carbocycles. The van der Waals surface area contributed by atoms with Crippen LogP contribution in [0.15, 0.2) is 24.3 Å². The molecule has 0 atom stereocenters. The van der Waals surface area contributed by atoms with E-state index >= 15 is 0 Å². The van der Waals surface area contributed by atoms with Crippen molar-refractivity contribution in [2.45, 2.75) is 6.92 Å². The van der Waals surface area contributed by atoms with Crippen molar-refractivity contribution < 1.29 is 22.5 Å². The van der Waals surface area contributed by atoms with Crippen molar-refractivity contribution in [3.8, 4) is 5.75 Å². The number of hydrogen-bond acceptors (Lipinski definition) is 2. The minimum absolute atomic E-state index is 0.119. The Hall–Kier alpha value is -1.66. The van der Waals surface area contributed by atoms with Gasteiger partial charge in [0.25, 0.3) is 0 Å². The van der Waals surface area contributed by atoms with Gasteiger partial charge in [-0.25, -0.2) is 0 Å². The molecule has 0 aromatic heterocycles. The third-order valence-electron chi connectivity index (χ3n) is 1.61. The van der Waals surface area contributed by atoms with Gasteiger partial charge in [0.2, 0.25) is 5.91 Å². The number of hydrogen-bond donors (Lipinski definition) is 1. The molecule has 3 nitrogen and oxygen atoms in total. The second-order valence-corrected chi connectivity index (χ2v) is 3.23. The average Bonchev–Trinajstić information content (AvgIpc) is 2.14. The third-order valence-corrected chi connectivity index (χ3v) is 1.61. The molecule has 0 fully saturated rings. The molecule has 0 aliphatic heterocycles. The van der Waals surface area contributed by atoms with Gasteiger partial charge in [0, 0.05) is 12.6 Å². The quantitative estimate of drug-likeness (QED) is 0.809. The number of carbonyl (C=O) groups excluding carboxylic acids is 1. The Morgan fingerprint density at radius 2 is 1.88 bits per heavy atom. The van der Waals surface area contributed by atoms with Gasteiger partial charge in [-0.1, -0.05) is 0 Å². The third kappa shape index (κ3) is 4.72. The Kier molecular flexibility index (Phi) is 3.81. The highest BCUT2D eigenvalue weighted by molar-refractivity contribution is 6.58. The van der Waals surface area contributed by atoms with E-state index in [-0.39, 0.29) is 11.7 Å². The van der Waals surface area contributed by atoms with Crippen LogP contribution in [-0.2, 0) is 4.79 Å². The summed E-state index contributed by atoms with van der Waals surface area (Å²) in [7, 11) is 0. The summed E-state index contributed by atoms with van der Waals surface area (Å²) in [5.41, 5.74) is 0.511. The Balaban J connectivity index is 2.55. The summed E-state index contributed by atoms with van der Waals surface area (Å²) in [6, 6.07) is 5.68. The fraction of sp³-hybridized carbons (Fsp3) is 0.222. The fourth-order valence-electron chi connectivity index (χ4n) is 1.03. The van der Waals surface area contributed by atoms with Crippen LogP contribution in [0.5, 0.6) is 5.75 Å². The van der Waals surface area contributed by atoms with Crippen molar-refractivity contribution >= 4 is 18.6 Å². The SMILES string of the molecule is CC(=O)Nc1ccc(OC[B-](F)(F)F)cc1. The number of carbonyl (C=O) groups is 1. The van der Waals surface area contributed by atoms with Crippen LogP contribution in [0.25, 0.3) is 0 Å². The van der Waals surface area contributed by atoms with E-state index in [4.69, 9.17) is 0 Å². The summed E-state index contributed by atoms with van der Waals surface area (Å²) in [5.74, 6) is -0.124. The Bertz CT molecular complexity index is 364. The molecule has 0 radical (unpaired) electrons. The summed E-state index contributed by atoms with van der Waals surface area (Å²) in [6.45, 7) is -4.87. The Morgan fingerprint density at radius 1 is 1.31 bits per heavy atom. The van der Waals surface area contributed by atoms with E-state index in [1.54, 1.807) is 0 Å². The summed E-state index contributed by atoms with van der Waals surface area (Å²) in [6.07, 6.45) is 0. The fourth-order valence-corrected chi connectivity index (χ4v) is 1.03. The lowest BCUT2D eigenvalue weighted by Gasteiger charge is -2.15. The van der Waals surface area contributed by atoms with E-state index < -0.39 is 13.5 Å². The molecule has 0 saturated heterocycles. The second kappa shape index (κ2) is 4.91. The summed E-state index contributed by atoms with van der Waals surface area (Å²) >= 11 is 0. The molecule has 0 bridgehead atoms. The van der Waals surface area contributed by atoms with Crippen LogP contribution in [-0.4, -0.2) is 19.4 Å². The van der Waals surface area contributed by atoms with E-state index in [1.165, 1.54) is 31.2 Å². The first-order valence-corrected chi connectivity index (χ1v) is 4.58. The molecule has 16 heavy (non-hydrogen) atoms. The van der Waals surface area contributed by atoms with Crippen molar-refractivity contribution in [3.05, 3.63) is 24.3 Å². The molecule has 0 unspecified atom stereocenters. The maximum Gasteiger partial charge on any atom is 0.515 e. The van der Waals surface area contributed by atoms with Crippen molar-refractivity contribution in [2.75, 3.05) is 11.8 Å². The lowest BCUT2D eigenvalue weighted by Crippen LogP contribution is -2.26. The molecule has 0 heterocycles. The van der Waals surface area contributed by atoms with Gasteiger partial charge in [-0.3, -0.25) is 4.79 Å². The van der Waals surface area contributed by atoms with Gasteiger partial charge in [0.15, 0.2) is 0 Å². The Labute approximate surface area is 90.7 Å². The molecular weight excluding hydrogens is 222 g/mol. The number of ether oxygens (including phenoxy) is 1. The maximum atomic E-state index is 11.9. The normalized spacial score (nSPS) is 11.0. The summed E-state index contributed by atoms with van der Waals surface area (Å²) in [5, 5.41) is 2.49. The molecule has 0 aliphatic rings. The molecule has 88 valence electrons. The molecular formula is C9H10BF3NO2-. The standard InChI is InChI=1S/C9H10BF3NO2/c1-7(15)14-8-2-4-9(5-3-8)16-6-10(11,12)13/h2-5H,6H2,1H3,(H,14,15)/q-1. The van der Waals surface area contributed by atoms with Crippen LogP contribution in [0.3, 0.4) is 0 Å². The van der Waals surface area contributed by atoms with Gasteiger partial charge in [0.1, 0.15) is 5.75 Å².